The number of aromatic nitrogens is 2. The third kappa shape index (κ3) is 3.07. The van der Waals surface area contributed by atoms with Gasteiger partial charge in [-0.05, 0) is 25.5 Å². The van der Waals surface area contributed by atoms with Crippen LogP contribution in [0.2, 0.25) is 0 Å². The van der Waals surface area contributed by atoms with Gasteiger partial charge in [0.1, 0.15) is 17.1 Å². The van der Waals surface area contributed by atoms with Crippen LogP contribution < -0.4 is 4.74 Å². The number of rotatable bonds is 7. The van der Waals surface area contributed by atoms with Gasteiger partial charge in [-0.15, -0.1) is 11.6 Å². The van der Waals surface area contributed by atoms with Crippen molar-refractivity contribution >= 4 is 22.6 Å². The van der Waals surface area contributed by atoms with Crippen molar-refractivity contribution in [2.75, 3.05) is 20.3 Å². The van der Waals surface area contributed by atoms with Crippen LogP contribution in [0.25, 0.3) is 11.0 Å². The van der Waals surface area contributed by atoms with E-state index < -0.39 is 0 Å². The fraction of sp³-hybridized carbons (Fsp3) is 0.533. The molecule has 0 amide bonds. The van der Waals surface area contributed by atoms with E-state index in [2.05, 4.69) is 16.5 Å². The van der Waals surface area contributed by atoms with Gasteiger partial charge in [0.2, 0.25) is 0 Å². The maximum absolute atomic E-state index is 6.25. The Morgan fingerprint density at radius 2 is 2.15 bits per heavy atom. The van der Waals surface area contributed by atoms with Gasteiger partial charge < -0.3 is 14.0 Å². The van der Waals surface area contributed by atoms with Gasteiger partial charge in [0, 0.05) is 13.7 Å². The molecule has 1 aromatic carbocycles. The maximum Gasteiger partial charge on any atom is 0.147 e. The van der Waals surface area contributed by atoms with Crippen molar-refractivity contribution in [3.63, 3.8) is 0 Å². The van der Waals surface area contributed by atoms with E-state index in [0.29, 0.717) is 13.2 Å². The molecular formula is C15H21ClN2O2. The first-order valence-corrected chi connectivity index (χ1v) is 7.37. The summed E-state index contributed by atoms with van der Waals surface area (Å²) in [6.07, 6.45) is 0.972. The molecule has 20 heavy (non-hydrogen) atoms. The summed E-state index contributed by atoms with van der Waals surface area (Å²) in [6.45, 7) is 6.07. The Morgan fingerprint density at radius 1 is 1.35 bits per heavy atom. The number of halogens is 1. The van der Waals surface area contributed by atoms with Crippen molar-refractivity contribution in [2.24, 2.45) is 0 Å². The molecule has 110 valence electrons. The molecule has 4 nitrogen and oxygen atoms in total. The third-order valence-electron chi connectivity index (χ3n) is 3.11. The molecule has 0 aliphatic carbocycles. The van der Waals surface area contributed by atoms with Crippen LogP contribution in [0.1, 0.15) is 31.5 Å². The van der Waals surface area contributed by atoms with E-state index in [4.69, 9.17) is 21.1 Å². The van der Waals surface area contributed by atoms with Gasteiger partial charge in [0.15, 0.2) is 0 Å². The van der Waals surface area contributed by atoms with E-state index in [-0.39, 0.29) is 5.38 Å². The summed E-state index contributed by atoms with van der Waals surface area (Å²) in [7, 11) is 1.69. The topological polar surface area (TPSA) is 36.3 Å². The lowest BCUT2D eigenvalue weighted by atomic mass is 10.3. The Hall–Kier alpha value is -1.26. The smallest absolute Gasteiger partial charge is 0.147 e. The van der Waals surface area contributed by atoms with E-state index in [1.54, 1.807) is 7.11 Å². The Bertz CT molecular complexity index is 566. The maximum atomic E-state index is 6.25. The molecule has 0 saturated carbocycles. The zero-order valence-corrected chi connectivity index (χ0v) is 13.0. The third-order valence-corrected chi connectivity index (χ3v) is 3.30. The number of ether oxygens (including phenoxy) is 2. The largest absolute Gasteiger partial charge is 0.491 e. The molecule has 1 aromatic heterocycles. The van der Waals surface area contributed by atoms with Crippen LogP contribution in [0, 0.1) is 0 Å². The average molecular weight is 297 g/mol. The summed E-state index contributed by atoms with van der Waals surface area (Å²) in [6, 6.07) is 5.98. The van der Waals surface area contributed by atoms with Crippen molar-refractivity contribution in [3.05, 3.63) is 24.0 Å². The van der Waals surface area contributed by atoms with E-state index in [1.807, 2.05) is 25.1 Å². The highest BCUT2D eigenvalue weighted by Crippen LogP contribution is 2.30. The molecule has 1 atom stereocenters. The lowest BCUT2D eigenvalue weighted by molar-refractivity contribution is 0.187. The van der Waals surface area contributed by atoms with Crippen molar-refractivity contribution in [2.45, 2.75) is 32.2 Å². The Balaban J connectivity index is 2.48. The Kier molecular flexibility index (Phi) is 5.26. The van der Waals surface area contributed by atoms with Crippen molar-refractivity contribution in [1.82, 2.24) is 9.55 Å². The van der Waals surface area contributed by atoms with Crippen LogP contribution in [0.5, 0.6) is 5.75 Å². The lowest BCUT2D eigenvalue weighted by Gasteiger charge is -2.10. The molecule has 0 fully saturated rings. The number of fused-ring (bicyclic) bond motifs is 1. The fourth-order valence-corrected chi connectivity index (χ4v) is 2.36. The van der Waals surface area contributed by atoms with Crippen molar-refractivity contribution in [3.8, 4) is 5.75 Å². The highest BCUT2D eigenvalue weighted by molar-refractivity contribution is 6.20. The first-order chi connectivity index (χ1) is 9.69. The van der Waals surface area contributed by atoms with Gasteiger partial charge >= 0.3 is 0 Å². The summed E-state index contributed by atoms with van der Waals surface area (Å²) in [5.41, 5.74) is 1.91. The second-order valence-corrected chi connectivity index (χ2v) is 5.36. The zero-order chi connectivity index (χ0) is 14.5. The average Bonchev–Trinajstić information content (AvgIpc) is 2.82. The van der Waals surface area contributed by atoms with E-state index >= 15 is 0 Å². The minimum absolute atomic E-state index is 0.154. The Labute approximate surface area is 124 Å². The summed E-state index contributed by atoms with van der Waals surface area (Å²) >= 11 is 6.25. The highest BCUT2D eigenvalue weighted by atomic mass is 35.5. The number of imidazole rings is 1. The van der Waals surface area contributed by atoms with Crippen molar-refractivity contribution in [1.29, 1.82) is 0 Å². The first kappa shape index (κ1) is 15.1. The first-order valence-electron chi connectivity index (χ1n) is 6.94. The van der Waals surface area contributed by atoms with Crippen LogP contribution in [0.3, 0.4) is 0 Å². The molecule has 0 bridgehead atoms. The van der Waals surface area contributed by atoms with Gasteiger partial charge in [-0.2, -0.15) is 0 Å². The normalized spacial score (nSPS) is 12.8. The predicted octanol–water partition coefficient (Wildman–Crippen LogP) is 3.77. The quantitative estimate of drug-likeness (QED) is 0.730. The number of hydrogen-bond acceptors (Lipinski definition) is 3. The predicted molar refractivity (Wildman–Crippen MR) is 81.7 cm³/mol. The number of methoxy groups -OCH3 is 1. The number of para-hydroxylation sites is 1. The molecule has 1 heterocycles. The number of alkyl halides is 1. The molecule has 0 aliphatic rings. The van der Waals surface area contributed by atoms with Gasteiger partial charge in [0.25, 0.3) is 0 Å². The van der Waals surface area contributed by atoms with Gasteiger partial charge in [-0.1, -0.05) is 13.0 Å². The monoisotopic (exact) mass is 296 g/mol. The van der Waals surface area contributed by atoms with Crippen LogP contribution in [-0.2, 0) is 11.3 Å². The van der Waals surface area contributed by atoms with Crippen LogP contribution >= 0.6 is 11.6 Å². The summed E-state index contributed by atoms with van der Waals surface area (Å²) in [5.74, 6) is 1.67. The van der Waals surface area contributed by atoms with Crippen LogP contribution in [0.15, 0.2) is 18.2 Å². The second-order valence-electron chi connectivity index (χ2n) is 4.70. The molecule has 5 heteroatoms. The molecule has 0 radical (unpaired) electrons. The zero-order valence-electron chi connectivity index (χ0n) is 12.2. The van der Waals surface area contributed by atoms with Crippen LogP contribution in [-0.4, -0.2) is 29.9 Å². The number of nitrogens with zero attached hydrogens (tertiary/aromatic N) is 2. The van der Waals surface area contributed by atoms with Crippen LogP contribution in [0.4, 0.5) is 0 Å². The molecule has 1 unspecified atom stereocenters. The fourth-order valence-electron chi connectivity index (χ4n) is 2.19. The summed E-state index contributed by atoms with van der Waals surface area (Å²) in [4.78, 5) is 4.67. The molecule has 0 aliphatic heterocycles. The standard InChI is InChI=1S/C15H21ClN2O2/c1-4-9-20-13-7-5-6-12-14(13)17-15(11(2)16)18(12)8-10-19-3/h5-7,11H,4,8-10H2,1-3H3. The van der Waals surface area contributed by atoms with E-state index in [1.165, 1.54) is 0 Å². The minimum atomic E-state index is -0.154. The SMILES string of the molecule is CCCOc1cccc2c1nc(C(C)Cl)n2CCOC. The molecule has 0 N–H and O–H groups in total. The van der Waals surface area contributed by atoms with E-state index in [9.17, 15) is 0 Å². The highest BCUT2D eigenvalue weighted by Gasteiger charge is 2.17. The Morgan fingerprint density at radius 3 is 2.80 bits per heavy atom. The molecule has 0 saturated heterocycles. The molecular weight excluding hydrogens is 276 g/mol. The van der Waals surface area contributed by atoms with Gasteiger partial charge in [-0.25, -0.2) is 4.98 Å². The lowest BCUT2D eigenvalue weighted by Crippen LogP contribution is -2.08. The molecule has 0 spiro atoms. The summed E-state index contributed by atoms with van der Waals surface area (Å²) in [5, 5.41) is -0.154. The number of hydrogen-bond donors (Lipinski definition) is 0. The minimum Gasteiger partial charge on any atom is -0.491 e. The number of benzene rings is 1. The summed E-state index contributed by atoms with van der Waals surface area (Å²) < 4.78 is 13.0. The van der Waals surface area contributed by atoms with Crippen molar-refractivity contribution < 1.29 is 9.47 Å². The van der Waals surface area contributed by atoms with Gasteiger partial charge in [0.05, 0.1) is 24.1 Å². The molecule has 2 aromatic rings. The van der Waals surface area contributed by atoms with Gasteiger partial charge in [-0.3, -0.25) is 0 Å². The molecule has 2 rings (SSSR count). The second kappa shape index (κ2) is 6.95. The van der Waals surface area contributed by atoms with E-state index in [0.717, 1.165) is 35.6 Å².